The quantitative estimate of drug-likeness (QED) is 0.807. The Kier molecular flexibility index (Phi) is 6.18. The molecular weight excluding hydrogens is 328 g/mol. The Morgan fingerprint density at radius 1 is 1.08 bits per heavy atom. The first kappa shape index (κ1) is 17.8. The largest absolute Gasteiger partial charge is 0.497 e. The van der Waals surface area contributed by atoms with Crippen molar-refractivity contribution in [2.75, 3.05) is 20.3 Å². The van der Waals surface area contributed by atoms with Crippen LogP contribution in [0.5, 0.6) is 11.5 Å². The van der Waals surface area contributed by atoms with E-state index in [-0.39, 0.29) is 18.0 Å². The zero-order valence-corrected chi connectivity index (χ0v) is 14.3. The van der Waals surface area contributed by atoms with E-state index in [0.717, 1.165) is 5.69 Å². The van der Waals surface area contributed by atoms with Gasteiger partial charge in [-0.15, -0.1) is 0 Å². The van der Waals surface area contributed by atoms with Crippen molar-refractivity contribution in [1.29, 1.82) is 0 Å². The van der Waals surface area contributed by atoms with Crippen LogP contribution in [-0.2, 0) is 10.0 Å². The fraction of sp³-hybridized carbons (Fsp3) is 0.235. The van der Waals surface area contributed by atoms with E-state index in [1.807, 2.05) is 13.0 Å². The topological polar surface area (TPSA) is 77.5 Å². The molecule has 0 unspecified atom stereocenters. The van der Waals surface area contributed by atoms with Crippen molar-refractivity contribution in [3.63, 3.8) is 0 Å². The summed E-state index contributed by atoms with van der Waals surface area (Å²) in [5.74, 6) is 6.66. The number of aromatic nitrogens is 1. The van der Waals surface area contributed by atoms with Crippen LogP contribution in [0.25, 0.3) is 0 Å². The van der Waals surface area contributed by atoms with E-state index in [2.05, 4.69) is 21.5 Å². The average molecular weight is 346 g/mol. The molecule has 0 fully saturated rings. The smallest absolute Gasteiger partial charge is 0.241 e. The summed E-state index contributed by atoms with van der Waals surface area (Å²) in [5, 5.41) is 0. The molecule has 1 aromatic heterocycles. The summed E-state index contributed by atoms with van der Waals surface area (Å²) in [6, 6.07) is 9.76. The van der Waals surface area contributed by atoms with E-state index in [0.29, 0.717) is 11.5 Å². The molecule has 0 aliphatic heterocycles. The molecule has 0 aliphatic carbocycles. The molecule has 7 heteroatoms. The zero-order chi connectivity index (χ0) is 17.4. The first-order valence-corrected chi connectivity index (χ1v) is 8.64. The highest BCUT2D eigenvalue weighted by molar-refractivity contribution is 7.89. The maximum Gasteiger partial charge on any atom is 0.241 e. The second-order valence-corrected chi connectivity index (χ2v) is 6.54. The molecule has 126 valence electrons. The minimum atomic E-state index is -3.59. The van der Waals surface area contributed by atoms with E-state index in [1.165, 1.54) is 19.2 Å². The molecule has 0 saturated carbocycles. The standard InChI is InChI=1S/C17H18N2O4S/c1-14-5-6-16(13-18-14)23-12-4-3-11-19-24(20,21)17-9-7-15(22-2)8-10-17/h5-10,13,19H,11-12H2,1-2H3. The molecule has 0 bridgehead atoms. The first-order chi connectivity index (χ1) is 11.5. The Bertz CT molecular complexity index is 820. The van der Waals surface area contributed by atoms with E-state index in [9.17, 15) is 8.42 Å². The van der Waals surface area contributed by atoms with Crippen molar-refractivity contribution >= 4 is 10.0 Å². The van der Waals surface area contributed by atoms with Crippen LogP contribution in [0.1, 0.15) is 5.69 Å². The Balaban J connectivity index is 1.81. The van der Waals surface area contributed by atoms with Gasteiger partial charge in [0.15, 0.2) is 0 Å². The summed E-state index contributed by atoms with van der Waals surface area (Å²) in [4.78, 5) is 4.26. The van der Waals surface area contributed by atoms with Gasteiger partial charge in [-0.25, -0.2) is 8.42 Å². The number of ether oxygens (including phenoxy) is 2. The molecule has 0 aliphatic rings. The number of nitrogens with zero attached hydrogens (tertiary/aromatic N) is 1. The average Bonchev–Trinajstić information content (AvgIpc) is 2.59. The van der Waals surface area contributed by atoms with Crippen LogP contribution in [-0.4, -0.2) is 33.7 Å². The number of nitrogens with one attached hydrogen (secondary N) is 1. The number of hydrogen-bond donors (Lipinski definition) is 1. The number of rotatable bonds is 6. The molecule has 1 heterocycles. The van der Waals surface area contributed by atoms with Crippen LogP contribution >= 0.6 is 0 Å². The number of pyridine rings is 1. The molecule has 0 spiro atoms. The zero-order valence-electron chi connectivity index (χ0n) is 13.4. The highest BCUT2D eigenvalue weighted by atomic mass is 32.2. The summed E-state index contributed by atoms with van der Waals surface area (Å²) in [5.41, 5.74) is 0.904. The molecule has 0 saturated heterocycles. The first-order valence-electron chi connectivity index (χ1n) is 7.16. The maximum absolute atomic E-state index is 12.1. The van der Waals surface area contributed by atoms with Crippen molar-refractivity contribution in [2.24, 2.45) is 0 Å². The number of benzene rings is 1. The molecule has 0 amide bonds. The predicted octanol–water partition coefficient (Wildman–Crippen LogP) is 1.76. The van der Waals surface area contributed by atoms with Crippen molar-refractivity contribution < 1.29 is 17.9 Å². The van der Waals surface area contributed by atoms with Gasteiger partial charge in [0.25, 0.3) is 0 Å². The van der Waals surface area contributed by atoms with Crippen molar-refractivity contribution in [3.05, 3.63) is 48.3 Å². The minimum Gasteiger partial charge on any atom is -0.497 e. The molecule has 2 aromatic rings. The van der Waals surface area contributed by atoms with Crippen LogP contribution in [0.15, 0.2) is 47.5 Å². The van der Waals surface area contributed by atoms with Crippen LogP contribution in [0.4, 0.5) is 0 Å². The second kappa shape index (κ2) is 8.34. The fourth-order valence-electron chi connectivity index (χ4n) is 1.74. The lowest BCUT2D eigenvalue weighted by molar-refractivity contribution is 0.368. The Morgan fingerprint density at radius 2 is 1.79 bits per heavy atom. The Hall–Kier alpha value is -2.56. The number of aryl methyl sites for hydroxylation is 1. The normalized spacial score (nSPS) is 10.6. The maximum atomic E-state index is 12.1. The molecule has 0 atom stereocenters. The van der Waals surface area contributed by atoms with Gasteiger partial charge >= 0.3 is 0 Å². The van der Waals surface area contributed by atoms with Gasteiger partial charge in [0, 0.05) is 5.69 Å². The van der Waals surface area contributed by atoms with E-state index in [4.69, 9.17) is 9.47 Å². The van der Waals surface area contributed by atoms with Crippen molar-refractivity contribution in [3.8, 4) is 23.3 Å². The fourth-order valence-corrected chi connectivity index (χ4v) is 2.67. The van der Waals surface area contributed by atoms with Crippen LogP contribution in [0.3, 0.4) is 0 Å². The van der Waals surface area contributed by atoms with Gasteiger partial charge in [-0.1, -0.05) is 11.8 Å². The van der Waals surface area contributed by atoms with E-state index >= 15 is 0 Å². The summed E-state index contributed by atoms with van der Waals surface area (Å²) in [6.07, 6.45) is 1.61. The molecule has 6 nitrogen and oxygen atoms in total. The molecule has 24 heavy (non-hydrogen) atoms. The van der Waals surface area contributed by atoms with Gasteiger partial charge < -0.3 is 9.47 Å². The molecular formula is C17H18N2O4S. The Labute approximate surface area is 141 Å². The number of sulfonamides is 1. The lowest BCUT2D eigenvalue weighted by atomic mass is 10.3. The van der Waals surface area contributed by atoms with E-state index in [1.54, 1.807) is 24.4 Å². The SMILES string of the molecule is COc1ccc(S(=O)(=O)NCC#CCOc2ccc(C)nc2)cc1. The lowest BCUT2D eigenvalue weighted by Crippen LogP contribution is -2.24. The summed E-state index contributed by atoms with van der Waals surface area (Å²) in [6.45, 7) is 2.05. The van der Waals surface area contributed by atoms with Gasteiger partial charge in [-0.3, -0.25) is 4.98 Å². The third-order valence-electron chi connectivity index (χ3n) is 3.04. The lowest BCUT2D eigenvalue weighted by Gasteiger charge is -2.05. The predicted molar refractivity (Wildman–Crippen MR) is 90.4 cm³/mol. The van der Waals surface area contributed by atoms with Crippen LogP contribution < -0.4 is 14.2 Å². The third-order valence-corrected chi connectivity index (χ3v) is 4.46. The minimum absolute atomic E-state index is 0.00384. The summed E-state index contributed by atoms with van der Waals surface area (Å²) in [7, 11) is -2.07. The summed E-state index contributed by atoms with van der Waals surface area (Å²) >= 11 is 0. The Morgan fingerprint density at radius 3 is 2.42 bits per heavy atom. The monoisotopic (exact) mass is 346 g/mol. The van der Waals surface area contributed by atoms with Crippen LogP contribution in [0, 0.1) is 18.8 Å². The molecule has 2 rings (SSSR count). The van der Waals surface area contributed by atoms with Gasteiger partial charge in [0.1, 0.15) is 18.1 Å². The third kappa shape index (κ3) is 5.26. The highest BCUT2D eigenvalue weighted by Gasteiger charge is 2.12. The molecule has 1 aromatic carbocycles. The highest BCUT2D eigenvalue weighted by Crippen LogP contribution is 2.14. The van der Waals surface area contributed by atoms with Crippen LogP contribution in [0.2, 0.25) is 0 Å². The van der Waals surface area contributed by atoms with Gasteiger partial charge in [-0.05, 0) is 43.3 Å². The van der Waals surface area contributed by atoms with Crippen molar-refractivity contribution in [2.45, 2.75) is 11.8 Å². The van der Waals surface area contributed by atoms with Crippen molar-refractivity contribution in [1.82, 2.24) is 9.71 Å². The number of hydrogen-bond acceptors (Lipinski definition) is 5. The second-order valence-electron chi connectivity index (χ2n) is 4.78. The molecule has 1 N–H and O–H groups in total. The van der Waals surface area contributed by atoms with Gasteiger partial charge in [-0.2, -0.15) is 4.72 Å². The van der Waals surface area contributed by atoms with Gasteiger partial charge in [0.2, 0.25) is 10.0 Å². The van der Waals surface area contributed by atoms with E-state index < -0.39 is 10.0 Å². The summed E-state index contributed by atoms with van der Waals surface area (Å²) < 4.78 is 36.9. The number of methoxy groups -OCH3 is 1. The van der Waals surface area contributed by atoms with Gasteiger partial charge in [0.05, 0.1) is 24.7 Å². The molecule has 0 radical (unpaired) electrons.